The summed E-state index contributed by atoms with van der Waals surface area (Å²) in [5, 5.41) is 9.16. The van der Waals surface area contributed by atoms with Crippen molar-refractivity contribution in [1.29, 1.82) is 0 Å². The van der Waals surface area contributed by atoms with Crippen LogP contribution in [0.25, 0.3) is 0 Å². The Balaban J connectivity index is 2.16. The van der Waals surface area contributed by atoms with E-state index in [4.69, 9.17) is 9.84 Å². The van der Waals surface area contributed by atoms with Crippen LogP contribution >= 0.6 is 0 Å². The predicted octanol–water partition coefficient (Wildman–Crippen LogP) is 0.336. The van der Waals surface area contributed by atoms with Crippen LogP contribution in [0.2, 0.25) is 0 Å². The molecule has 12 heavy (non-hydrogen) atoms. The molecule has 3 heteroatoms. The van der Waals surface area contributed by atoms with E-state index in [-0.39, 0.29) is 6.10 Å². The SMILES string of the molecule is COCC1CCN(C[C@H](C)O)C1. The number of aliphatic hydroxyl groups excluding tert-OH is 1. The molecule has 72 valence electrons. The van der Waals surface area contributed by atoms with Crippen LogP contribution in [0.4, 0.5) is 0 Å². The van der Waals surface area contributed by atoms with Crippen LogP contribution in [0.1, 0.15) is 13.3 Å². The molecule has 0 spiro atoms. The van der Waals surface area contributed by atoms with Gasteiger partial charge in [-0.3, -0.25) is 0 Å². The van der Waals surface area contributed by atoms with E-state index in [1.54, 1.807) is 7.11 Å². The zero-order valence-corrected chi connectivity index (χ0v) is 7.99. The van der Waals surface area contributed by atoms with Crippen molar-refractivity contribution in [2.45, 2.75) is 19.4 Å². The normalized spacial score (nSPS) is 27.8. The number of likely N-dealkylation sites (tertiary alicyclic amines) is 1. The molecule has 3 nitrogen and oxygen atoms in total. The fourth-order valence-corrected chi connectivity index (χ4v) is 1.82. The first-order valence-corrected chi connectivity index (χ1v) is 4.61. The van der Waals surface area contributed by atoms with Gasteiger partial charge in [-0.2, -0.15) is 0 Å². The highest BCUT2D eigenvalue weighted by Gasteiger charge is 2.22. The molecule has 1 rings (SSSR count). The van der Waals surface area contributed by atoms with Crippen LogP contribution in [0.5, 0.6) is 0 Å². The van der Waals surface area contributed by atoms with Crippen molar-refractivity contribution in [2.24, 2.45) is 5.92 Å². The fraction of sp³-hybridized carbons (Fsp3) is 1.00. The third kappa shape index (κ3) is 3.09. The maximum absolute atomic E-state index is 9.16. The van der Waals surface area contributed by atoms with Gasteiger partial charge in [0.25, 0.3) is 0 Å². The van der Waals surface area contributed by atoms with Gasteiger partial charge in [0.1, 0.15) is 0 Å². The third-order valence-corrected chi connectivity index (χ3v) is 2.29. The standard InChI is InChI=1S/C9H19NO2/c1-8(11)5-10-4-3-9(6-10)7-12-2/h8-9,11H,3-7H2,1-2H3/t8-,9?/m0/s1. The molecule has 0 radical (unpaired) electrons. The van der Waals surface area contributed by atoms with Crippen LogP contribution in [-0.2, 0) is 4.74 Å². The molecule has 1 aliphatic heterocycles. The lowest BCUT2D eigenvalue weighted by molar-refractivity contribution is 0.126. The van der Waals surface area contributed by atoms with E-state index < -0.39 is 0 Å². The molecule has 1 N–H and O–H groups in total. The lowest BCUT2D eigenvalue weighted by Gasteiger charge is -2.17. The molecule has 1 heterocycles. The Hall–Kier alpha value is -0.120. The number of aliphatic hydroxyl groups is 1. The molecule has 2 atom stereocenters. The van der Waals surface area contributed by atoms with Gasteiger partial charge in [-0.1, -0.05) is 0 Å². The number of methoxy groups -OCH3 is 1. The minimum atomic E-state index is -0.203. The number of hydrogen-bond acceptors (Lipinski definition) is 3. The maximum atomic E-state index is 9.16. The number of β-amino-alcohol motifs (C(OH)–C–C–N with tert-alkyl or cyclic N) is 1. The van der Waals surface area contributed by atoms with Crippen LogP contribution in [0.3, 0.4) is 0 Å². The highest BCUT2D eigenvalue weighted by molar-refractivity contribution is 4.76. The minimum Gasteiger partial charge on any atom is -0.392 e. The lowest BCUT2D eigenvalue weighted by Crippen LogP contribution is -2.29. The quantitative estimate of drug-likeness (QED) is 0.665. The Morgan fingerprint density at radius 3 is 3.00 bits per heavy atom. The molecule has 0 aromatic carbocycles. The van der Waals surface area contributed by atoms with Crippen molar-refractivity contribution in [3.8, 4) is 0 Å². The molecule has 0 amide bonds. The Bertz CT molecular complexity index is 128. The van der Waals surface area contributed by atoms with Gasteiger partial charge in [0.2, 0.25) is 0 Å². The summed E-state index contributed by atoms with van der Waals surface area (Å²) in [5.74, 6) is 0.675. The van der Waals surface area contributed by atoms with Crippen molar-refractivity contribution >= 4 is 0 Å². The van der Waals surface area contributed by atoms with E-state index in [0.717, 1.165) is 26.2 Å². The zero-order valence-electron chi connectivity index (χ0n) is 7.99. The van der Waals surface area contributed by atoms with Gasteiger partial charge in [0, 0.05) is 20.2 Å². The summed E-state index contributed by atoms with van der Waals surface area (Å²) in [7, 11) is 1.75. The predicted molar refractivity (Wildman–Crippen MR) is 48.1 cm³/mol. The summed E-state index contributed by atoms with van der Waals surface area (Å²) in [5.41, 5.74) is 0. The summed E-state index contributed by atoms with van der Waals surface area (Å²) >= 11 is 0. The molecule has 1 fully saturated rings. The van der Waals surface area contributed by atoms with Crippen molar-refractivity contribution < 1.29 is 9.84 Å². The molecule has 0 saturated carbocycles. The second-order valence-corrected chi connectivity index (χ2v) is 3.72. The van der Waals surface area contributed by atoms with Gasteiger partial charge in [-0.25, -0.2) is 0 Å². The first-order valence-electron chi connectivity index (χ1n) is 4.61. The van der Waals surface area contributed by atoms with E-state index in [1.807, 2.05) is 6.92 Å². The largest absolute Gasteiger partial charge is 0.392 e. The highest BCUT2D eigenvalue weighted by atomic mass is 16.5. The van der Waals surface area contributed by atoms with Crippen LogP contribution in [0, 0.1) is 5.92 Å². The Morgan fingerprint density at radius 1 is 1.67 bits per heavy atom. The van der Waals surface area contributed by atoms with Gasteiger partial charge < -0.3 is 14.7 Å². The van der Waals surface area contributed by atoms with Gasteiger partial charge in [0.15, 0.2) is 0 Å². The van der Waals surface area contributed by atoms with Crippen molar-refractivity contribution in [3.63, 3.8) is 0 Å². The van der Waals surface area contributed by atoms with Crippen LogP contribution in [0.15, 0.2) is 0 Å². The van der Waals surface area contributed by atoms with E-state index in [9.17, 15) is 0 Å². The molecule has 0 bridgehead atoms. The van der Waals surface area contributed by atoms with Crippen molar-refractivity contribution in [1.82, 2.24) is 4.90 Å². The molecule has 0 aliphatic carbocycles. The molecule has 0 aromatic heterocycles. The number of hydrogen-bond donors (Lipinski definition) is 1. The summed E-state index contributed by atoms with van der Waals surface area (Å²) in [4.78, 5) is 2.30. The Kier molecular flexibility index (Phi) is 3.98. The Morgan fingerprint density at radius 2 is 2.42 bits per heavy atom. The van der Waals surface area contributed by atoms with Crippen LogP contribution < -0.4 is 0 Å². The maximum Gasteiger partial charge on any atom is 0.0639 e. The van der Waals surface area contributed by atoms with Crippen molar-refractivity contribution in [2.75, 3.05) is 33.4 Å². The molecule has 1 aliphatic rings. The van der Waals surface area contributed by atoms with E-state index in [2.05, 4.69) is 4.90 Å². The number of rotatable bonds is 4. The fourth-order valence-electron chi connectivity index (χ4n) is 1.82. The average Bonchev–Trinajstić information content (AvgIpc) is 2.36. The lowest BCUT2D eigenvalue weighted by atomic mass is 10.1. The van der Waals surface area contributed by atoms with Crippen LogP contribution in [-0.4, -0.2) is 49.5 Å². The summed E-state index contributed by atoms with van der Waals surface area (Å²) < 4.78 is 5.09. The molecule has 1 unspecified atom stereocenters. The van der Waals surface area contributed by atoms with Gasteiger partial charge >= 0.3 is 0 Å². The van der Waals surface area contributed by atoms with Gasteiger partial charge in [-0.05, 0) is 25.8 Å². The van der Waals surface area contributed by atoms with E-state index in [1.165, 1.54) is 6.42 Å². The van der Waals surface area contributed by atoms with Gasteiger partial charge in [0.05, 0.1) is 12.7 Å². The first kappa shape index (κ1) is 9.96. The average molecular weight is 173 g/mol. The van der Waals surface area contributed by atoms with Gasteiger partial charge in [-0.15, -0.1) is 0 Å². The van der Waals surface area contributed by atoms with E-state index >= 15 is 0 Å². The summed E-state index contributed by atoms with van der Waals surface area (Å²) in [6.45, 7) is 5.69. The third-order valence-electron chi connectivity index (χ3n) is 2.29. The number of nitrogens with zero attached hydrogens (tertiary/aromatic N) is 1. The van der Waals surface area contributed by atoms with Crippen molar-refractivity contribution in [3.05, 3.63) is 0 Å². The first-order chi connectivity index (χ1) is 5.72. The summed E-state index contributed by atoms with van der Waals surface area (Å²) in [6.07, 6.45) is 1.01. The Labute approximate surface area is 74.3 Å². The smallest absolute Gasteiger partial charge is 0.0639 e. The molecular weight excluding hydrogens is 154 g/mol. The monoisotopic (exact) mass is 173 g/mol. The molecular formula is C9H19NO2. The minimum absolute atomic E-state index is 0.203. The summed E-state index contributed by atoms with van der Waals surface area (Å²) in [6, 6.07) is 0. The highest BCUT2D eigenvalue weighted by Crippen LogP contribution is 2.16. The topological polar surface area (TPSA) is 32.7 Å². The second-order valence-electron chi connectivity index (χ2n) is 3.72. The second kappa shape index (κ2) is 4.80. The molecule has 1 saturated heterocycles. The van der Waals surface area contributed by atoms with E-state index in [0.29, 0.717) is 5.92 Å². The molecule has 0 aromatic rings. The zero-order chi connectivity index (χ0) is 8.97. The number of ether oxygens (including phenoxy) is 1.